The van der Waals surface area contributed by atoms with E-state index in [0.717, 1.165) is 42.6 Å². The Bertz CT molecular complexity index is 798. The highest BCUT2D eigenvalue weighted by Gasteiger charge is 2.21. The van der Waals surface area contributed by atoms with Gasteiger partial charge in [-0.15, -0.1) is 0 Å². The molecule has 2 aromatic carbocycles. The van der Waals surface area contributed by atoms with Crippen molar-refractivity contribution in [3.63, 3.8) is 0 Å². The zero-order valence-corrected chi connectivity index (χ0v) is 15.7. The van der Waals surface area contributed by atoms with Gasteiger partial charge in [0.15, 0.2) is 17.3 Å². The van der Waals surface area contributed by atoms with Crippen molar-refractivity contribution in [3.8, 4) is 17.2 Å². The molecule has 2 aromatic rings. The number of anilines is 1. The van der Waals surface area contributed by atoms with E-state index in [1.165, 1.54) is 18.5 Å². The molecule has 0 amide bonds. The summed E-state index contributed by atoms with van der Waals surface area (Å²) in [6.07, 6.45) is 4.04. The first-order valence-electron chi connectivity index (χ1n) is 9.55. The molecule has 0 unspecified atom stereocenters. The van der Waals surface area contributed by atoms with Crippen LogP contribution in [0.2, 0.25) is 0 Å². The number of ether oxygens (including phenoxy) is 3. The minimum Gasteiger partial charge on any atom is -0.495 e. The number of benzene rings is 2. The third kappa shape index (κ3) is 4.19. The average Bonchev–Trinajstić information content (AvgIpc) is 2.74. The van der Waals surface area contributed by atoms with Gasteiger partial charge in [0.2, 0.25) is 0 Å². The predicted molar refractivity (Wildman–Crippen MR) is 107 cm³/mol. The first kappa shape index (κ1) is 17.7. The summed E-state index contributed by atoms with van der Waals surface area (Å²) in [5.74, 6) is 4.00. The molecule has 0 saturated carbocycles. The lowest BCUT2D eigenvalue weighted by Gasteiger charge is -2.34. The molecule has 5 heteroatoms. The van der Waals surface area contributed by atoms with Gasteiger partial charge < -0.3 is 24.4 Å². The Morgan fingerprint density at radius 1 is 1.04 bits per heavy atom. The van der Waals surface area contributed by atoms with Gasteiger partial charge in [0.1, 0.15) is 12.0 Å². The minimum absolute atomic E-state index is 0.674. The summed E-state index contributed by atoms with van der Waals surface area (Å²) < 4.78 is 17.0. The Morgan fingerprint density at radius 2 is 1.78 bits per heavy atom. The molecule has 0 atom stereocenters. The molecule has 4 rings (SSSR count). The normalized spacial score (nSPS) is 16.8. The van der Waals surface area contributed by atoms with Crippen LogP contribution in [0.5, 0.6) is 17.2 Å². The van der Waals surface area contributed by atoms with Crippen LogP contribution in [0.1, 0.15) is 12.8 Å². The molecule has 0 radical (unpaired) electrons. The molecular formula is C22H26N2O3. The van der Waals surface area contributed by atoms with E-state index in [2.05, 4.69) is 22.3 Å². The smallest absolute Gasteiger partial charge is 0.169 e. The summed E-state index contributed by atoms with van der Waals surface area (Å²) in [5.41, 5.74) is 1.20. The fourth-order valence-electron chi connectivity index (χ4n) is 3.67. The van der Waals surface area contributed by atoms with E-state index < -0.39 is 0 Å². The second kappa shape index (κ2) is 8.35. The Hall–Kier alpha value is -2.66. The highest BCUT2D eigenvalue weighted by molar-refractivity contribution is 5.58. The summed E-state index contributed by atoms with van der Waals surface area (Å²) >= 11 is 0. The molecule has 0 bridgehead atoms. The van der Waals surface area contributed by atoms with E-state index in [-0.39, 0.29) is 0 Å². The van der Waals surface area contributed by atoms with Gasteiger partial charge in [0.05, 0.1) is 19.3 Å². The van der Waals surface area contributed by atoms with Crippen LogP contribution in [0.15, 0.2) is 60.6 Å². The van der Waals surface area contributed by atoms with Gasteiger partial charge >= 0.3 is 0 Å². The number of nitrogens with one attached hydrogen (secondary N) is 1. The summed E-state index contributed by atoms with van der Waals surface area (Å²) in [6.45, 7) is 3.79. The van der Waals surface area contributed by atoms with Crippen LogP contribution < -0.4 is 24.4 Å². The van der Waals surface area contributed by atoms with Gasteiger partial charge in [-0.2, -0.15) is 0 Å². The molecule has 1 fully saturated rings. The number of hydrogen-bond acceptors (Lipinski definition) is 5. The molecule has 27 heavy (non-hydrogen) atoms. The lowest BCUT2D eigenvalue weighted by atomic mass is 9.96. The van der Waals surface area contributed by atoms with Crippen molar-refractivity contribution in [1.82, 2.24) is 5.32 Å². The molecule has 2 aliphatic rings. The standard InChI is InChI=1S/C22H26N2O3/c1-25-20-7-3-2-6-19(20)24-12-10-17(11-13-24)14-23-15-18-16-26-21-8-4-5-9-22(21)27-18/h2-9,16-17,23H,10-15H2,1H3. The van der Waals surface area contributed by atoms with E-state index in [1.807, 2.05) is 36.4 Å². The number of para-hydroxylation sites is 4. The lowest BCUT2D eigenvalue weighted by molar-refractivity contribution is 0.307. The SMILES string of the molecule is COc1ccccc1N1CCC(CNCC2=COc3ccccc3O2)CC1. The third-order valence-corrected chi connectivity index (χ3v) is 5.18. The number of piperidine rings is 1. The molecule has 0 spiro atoms. The molecule has 1 saturated heterocycles. The van der Waals surface area contributed by atoms with Crippen LogP contribution in [0.4, 0.5) is 5.69 Å². The van der Waals surface area contributed by atoms with Crippen molar-refractivity contribution < 1.29 is 14.2 Å². The van der Waals surface area contributed by atoms with Gasteiger partial charge in [-0.05, 0) is 49.6 Å². The van der Waals surface area contributed by atoms with Crippen molar-refractivity contribution in [2.75, 3.05) is 38.2 Å². The molecule has 2 heterocycles. The summed E-state index contributed by atoms with van der Waals surface area (Å²) in [4.78, 5) is 2.42. The minimum atomic E-state index is 0.674. The van der Waals surface area contributed by atoms with Crippen LogP contribution in [0.25, 0.3) is 0 Å². The fraction of sp³-hybridized carbons (Fsp3) is 0.364. The van der Waals surface area contributed by atoms with E-state index in [0.29, 0.717) is 12.5 Å². The van der Waals surface area contributed by atoms with Gasteiger partial charge in [0.25, 0.3) is 0 Å². The Labute approximate surface area is 160 Å². The van der Waals surface area contributed by atoms with Crippen molar-refractivity contribution in [1.29, 1.82) is 0 Å². The molecule has 2 aliphatic heterocycles. The first-order chi connectivity index (χ1) is 13.3. The molecule has 0 aliphatic carbocycles. The highest BCUT2D eigenvalue weighted by Crippen LogP contribution is 2.32. The van der Waals surface area contributed by atoms with Crippen LogP contribution in [-0.2, 0) is 0 Å². The van der Waals surface area contributed by atoms with E-state index in [9.17, 15) is 0 Å². The quantitative estimate of drug-likeness (QED) is 0.842. The second-order valence-electron chi connectivity index (χ2n) is 6.98. The summed E-state index contributed by atoms with van der Waals surface area (Å²) in [6, 6.07) is 16.0. The molecule has 5 nitrogen and oxygen atoms in total. The third-order valence-electron chi connectivity index (χ3n) is 5.18. The monoisotopic (exact) mass is 366 g/mol. The summed E-state index contributed by atoms with van der Waals surface area (Å²) in [5, 5.41) is 3.52. The first-order valence-corrected chi connectivity index (χ1v) is 9.55. The number of rotatable bonds is 6. The maximum Gasteiger partial charge on any atom is 0.169 e. The van der Waals surface area contributed by atoms with Crippen LogP contribution in [-0.4, -0.2) is 33.3 Å². The highest BCUT2D eigenvalue weighted by atomic mass is 16.6. The number of fused-ring (bicyclic) bond motifs is 1. The molecule has 142 valence electrons. The Kier molecular flexibility index (Phi) is 5.49. The fourth-order valence-corrected chi connectivity index (χ4v) is 3.67. The van der Waals surface area contributed by atoms with Crippen LogP contribution in [0, 0.1) is 5.92 Å². The van der Waals surface area contributed by atoms with Gasteiger partial charge in [-0.1, -0.05) is 24.3 Å². The van der Waals surface area contributed by atoms with E-state index in [4.69, 9.17) is 14.2 Å². The van der Waals surface area contributed by atoms with Crippen LogP contribution >= 0.6 is 0 Å². The van der Waals surface area contributed by atoms with Gasteiger partial charge in [-0.25, -0.2) is 0 Å². The van der Waals surface area contributed by atoms with Crippen molar-refractivity contribution in [2.24, 2.45) is 5.92 Å². The Morgan fingerprint density at radius 3 is 2.59 bits per heavy atom. The predicted octanol–water partition coefficient (Wildman–Crippen LogP) is 3.81. The largest absolute Gasteiger partial charge is 0.495 e. The lowest BCUT2D eigenvalue weighted by Crippen LogP contribution is -2.38. The molecular weight excluding hydrogens is 340 g/mol. The number of methoxy groups -OCH3 is 1. The topological polar surface area (TPSA) is 43.0 Å². The van der Waals surface area contributed by atoms with Crippen molar-refractivity contribution in [2.45, 2.75) is 12.8 Å². The maximum absolute atomic E-state index is 5.87. The zero-order chi connectivity index (χ0) is 18.5. The van der Waals surface area contributed by atoms with Crippen molar-refractivity contribution in [3.05, 3.63) is 60.6 Å². The number of nitrogens with zero attached hydrogens (tertiary/aromatic N) is 1. The molecule has 0 aromatic heterocycles. The molecule has 1 N–H and O–H groups in total. The average molecular weight is 366 g/mol. The van der Waals surface area contributed by atoms with Gasteiger partial charge in [0, 0.05) is 13.1 Å². The van der Waals surface area contributed by atoms with Crippen LogP contribution in [0.3, 0.4) is 0 Å². The Balaban J connectivity index is 1.22. The second-order valence-corrected chi connectivity index (χ2v) is 6.98. The zero-order valence-electron chi connectivity index (χ0n) is 15.7. The number of hydrogen-bond donors (Lipinski definition) is 1. The van der Waals surface area contributed by atoms with Crippen molar-refractivity contribution >= 4 is 5.69 Å². The van der Waals surface area contributed by atoms with E-state index in [1.54, 1.807) is 13.4 Å². The summed E-state index contributed by atoms with van der Waals surface area (Å²) in [7, 11) is 1.74. The van der Waals surface area contributed by atoms with Gasteiger partial charge in [-0.3, -0.25) is 0 Å². The van der Waals surface area contributed by atoms with E-state index >= 15 is 0 Å². The maximum atomic E-state index is 5.87.